The van der Waals surface area contributed by atoms with Gasteiger partial charge in [-0.25, -0.2) is 8.42 Å². The largest absolute Gasteiger partial charge is 0.321 e. The molecule has 1 N–H and O–H groups in total. The maximum Gasteiger partial charge on any atom is 0.264 e. The Hall–Kier alpha value is -2.64. The lowest BCUT2D eigenvalue weighted by Crippen LogP contribution is -2.30. The second-order valence-corrected chi connectivity index (χ2v) is 8.68. The zero-order valence-corrected chi connectivity index (χ0v) is 17.6. The van der Waals surface area contributed by atoms with Gasteiger partial charge in [-0.2, -0.15) is 0 Å². The maximum absolute atomic E-state index is 13.1. The molecule has 1 amide bonds. The van der Waals surface area contributed by atoms with Crippen molar-refractivity contribution in [1.82, 2.24) is 0 Å². The highest BCUT2D eigenvalue weighted by Gasteiger charge is 2.24. The van der Waals surface area contributed by atoms with E-state index in [1.54, 1.807) is 55.5 Å². The number of amides is 1. The minimum atomic E-state index is -3.80. The summed E-state index contributed by atoms with van der Waals surface area (Å²) in [7, 11) is -3.80. The Bertz CT molecular complexity index is 1090. The second kappa shape index (κ2) is 8.58. The Labute approximate surface area is 173 Å². The van der Waals surface area contributed by atoms with Crippen molar-refractivity contribution in [2.75, 3.05) is 16.2 Å². The summed E-state index contributed by atoms with van der Waals surface area (Å²) in [5.41, 5.74) is 1.45. The number of sulfonamides is 1. The predicted molar refractivity (Wildman–Crippen MR) is 115 cm³/mol. The van der Waals surface area contributed by atoms with Gasteiger partial charge in [-0.05, 0) is 65.3 Å². The first-order chi connectivity index (χ1) is 13.4. The van der Waals surface area contributed by atoms with Crippen LogP contribution in [0.3, 0.4) is 0 Å². The number of nitrogens with one attached hydrogen (secondary N) is 1. The lowest BCUT2D eigenvalue weighted by Gasteiger charge is -2.23. The second-order valence-electron chi connectivity index (χ2n) is 5.97. The molecule has 0 atom stereocenters. The lowest BCUT2D eigenvalue weighted by atomic mass is 10.2. The number of hydrogen-bond acceptors (Lipinski definition) is 3. The third kappa shape index (κ3) is 4.26. The number of anilines is 2. The van der Waals surface area contributed by atoms with Crippen molar-refractivity contribution in [2.24, 2.45) is 0 Å². The van der Waals surface area contributed by atoms with Crippen molar-refractivity contribution >= 4 is 43.2 Å². The third-order valence-corrected chi connectivity index (χ3v) is 6.73. The molecule has 0 heterocycles. The SMILES string of the molecule is CCN(c1ccccc1)S(=O)(=O)c1cccc(C(=O)Nc2ccccc2Br)c1. The van der Waals surface area contributed by atoms with Gasteiger partial charge in [0.2, 0.25) is 0 Å². The van der Waals surface area contributed by atoms with Gasteiger partial charge in [-0.1, -0.05) is 36.4 Å². The maximum atomic E-state index is 13.1. The van der Waals surface area contributed by atoms with Crippen LogP contribution in [0.1, 0.15) is 17.3 Å². The van der Waals surface area contributed by atoms with E-state index in [0.717, 1.165) is 4.47 Å². The van der Waals surface area contributed by atoms with Crippen molar-refractivity contribution in [1.29, 1.82) is 0 Å². The molecule has 0 bridgehead atoms. The first kappa shape index (κ1) is 20.1. The van der Waals surface area contributed by atoms with E-state index in [2.05, 4.69) is 21.2 Å². The van der Waals surface area contributed by atoms with Crippen LogP contribution >= 0.6 is 15.9 Å². The van der Waals surface area contributed by atoms with E-state index in [1.165, 1.54) is 16.4 Å². The number of carbonyl (C=O) groups excluding carboxylic acids is 1. The van der Waals surface area contributed by atoms with Crippen LogP contribution in [0, 0.1) is 0 Å². The Morgan fingerprint density at radius 3 is 2.32 bits per heavy atom. The molecule has 0 saturated carbocycles. The van der Waals surface area contributed by atoms with E-state index in [1.807, 2.05) is 18.2 Å². The number of rotatable bonds is 6. The van der Waals surface area contributed by atoms with Gasteiger partial charge in [0.25, 0.3) is 15.9 Å². The van der Waals surface area contributed by atoms with Crippen LogP contribution < -0.4 is 9.62 Å². The first-order valence-electron chi connectivity index (χ1n) is 8.67. The molecule has 28 heavy (non-hydrogen) atoms. The summed E-state index contributed by atoms with van der Waals surface area (Å²) < 4.78 is 28.3. The quantitative estimate of drug-likeness (QED) is 0.569. The highest BCUT2D eigenvalue weighted by Crippen LogP contribution is 2.25. The Morgan fingerprint density at radius 2 is 1.64 bits per heavy atom. The molecule has 3 aromatic carbocycles. The fourth-order valence-corrected chi connectivity index (χ4v) is 4.67. The lowest BCUT2D eigenvalue weighted by molar-refractivity contribution is 0.102. The monoisotopic (exact) mass is 458 g/mol. The van der Waals surface area contributed by atoms with Crippen LogP contribution in [0.15, 0.2) is 88.2 Å². The fraction of sp³-hybridized carbons (Fsp3) is 0.0952. The van der Waals surface area contributed by atoms with Crippen molar-refractivity contribution in [3.63, 3.8) is 0 Å². The molecular formula is C21H19BrN2O3S. The zero-order valence-electron chi connectivity index (χ0n) is 15.2. The van der Waals surface area contributed by atoms with Gasteiger partial charge in [-0.3, -0.25) is 9.10 Å². The van der Waals surface area contributed by atoms with E-state index < -0.39 is 10.0 Å². The van der Waals surface area contributed by atoms with E-state index >= 15 is 0 Å². The van der Waals surface area contributed by atoms with E-state index in [-0.39, 0.29) is 22.9 Å². The van der Waals surface area contributed by atoms with Crippen LogP contribution in [0.5, 0.6) is 0 Å². The molecule has 0 spiro atoms. The highest BCUT2D eigenvalue weighted by atomic mass is 79.9. The summed E-state index contributed by atoms with van der Waals surface area (Å²) in [5, 5.41) is 2.79. The standard InChI is InChI=1S/C21H19BrN2O3S/c1-2-24(17-10-4-3-5-11-17)28(26,27)18-12-8-9-16(15-18)21(25)23-20-14-7-6-13-19(20)22/h3-15H,2H2,1H3,(H,23,25). The van der Waals surface area contributed by atoms with Crippen molar-refractivity contribution in [3.05, 3.63) is 88.9 Å². The molecular weight excluding hydrogens is 440 g/mol. The molecule has 0 unspecified atom stereocenters. The van der Waals surface area contributed by atoms with Crippen molar-refractivity contribution in [3.8, 4) is 0 Å². The van der Waals surface area contributed by atoms with Gasteiger partial charge >= 0.3 is 0 Å². The van der Waals surface area contributed by atoms with E-state index in [9.17, 15) is 13.2 Å². The highest BCUT2D eigenvalue weighted by molar-refractivity contribution is 9.10. The molecule has 5 nitrogen and oxygen atoms in total. The van der Waals surface area contributed by atoms with E-state index in [0.29, 0.717) is 11.4 Å². The summed E-state index contributed by atoms with van der Waals surface area (Å²) in [6.07, 6.45) is 0. The summed E-state index contributed by atoms with van der Waals surface area (Å²) in [6.45, 7) is 2.05. The number of carbonyl (C=O) groups is 1. The van der Waals surface area contributed by atoms with Crippen LogP contribution in [-0.4, -0.2) is 20.9 Å². The summed E-state index contributed by atoms with van der Waals surface area (Å²) in [4.78, 5) is 12.7. The molecule has 0 fully saturated rings. The molecule has 3 aromatic rings. The van der Waals surface area contributed by atoms with Gasteiger partial charge in [0.1, 0.15) is 0 Å². The van der Waals surface area contributed by atoms with Gasteiger partial charge in [-0.15, -0.1) is 0 Å². The molecule has 7 heteroatoms. The molecule has 0 saturated heterocycles. The minimum absolute atomic E-state index is 0.0676. The zero-order chi connectivity index (χ0) is 20.1. The average Bonchev–Trinajstić information content (AvgIpc) is 2.71. The topological polar surface area (TPSA) is 66.5 Å². The average molecular weight is 459 g/mol. The Balaban J connectivity index is 1.92. The molecule has 144 valence electrons. The summed E-state index contributed by atoms with van der Waals surface area (Å²) in [6, 6.07) is 22.2. The number of hydrogen-bond donors (Lipinski definition) is 1. The van der Waals surface area contributed by atoms with Crippen LogP contribution in [0.2, 0.25) is 0 Å². The van der Waals surface area contributed by atoms with Gasteiger partial charge in [0.05, 0.1) is 16.3 Å². The predicted octanol–water partition coefficient (Wildman–Crippen LogP) is 4.92. The Morgan fingerprint density at radius 1 is 0.964 bits per heavy atom. The molecule has 0 aliphatic heterocycles. The van der Waals surface area contributed by atoms with Crippen molar-refractivity contribution in [2.45, 2.75) is 11.8 Å². The van der Waals surface area contributed by atoms with Gasteiger partial charge in [0.15, 0.2) is 0 Å². The van der Waals surface area contributed by atoms with Crippen LogP contribution in [0.25, 0.3) is 0 Å². The molecule has 3 rings (SSSR count). The normalized spacial score (nSPS) is 11.1. The molecule has 0 aliphatic carbocycles. The molecule has 0 aliphatic rings. The smallest absolute Gasteiger partial charge is 0.264 e. The van der Waals surface area contributed by atoms with Crippen molar-refractivity contribution < 1.29 is 13.2 Å². The number of nitrogens with zero attached hydrogens (tertiary/aromatic N) is 1. The first-order valence-corrected chi connectivity index (χ1v) is 10.9. The summed E-state index contributed by atoms with van der Waals surface area (Å²) >= 11 is 3.38. The minimum Gasteiger partial charge on any atom is -0.321 e. The number of halogens is 1. The molecule has 0 radical (unpaired) electrons. The van der Waals surface area contributed by atoms with Crippen LogP contribution in [0.4, 0.5) is 11.4 Å². The third-order valence-electron chi connectivity index (χ3n) is 4.14. The fourth-order valence-electron chi connectivity index (χ4n) is 2.77. The van der Waals surface area contributed by atoms with Gasteiger partial charge in [0, 0.05) is 16.6 Å². The number of para-hydroxylation sites is 2. The molecule has 0 aromatic heterocycles. The number of benzene rings is 3. The van der Waals surface area contributed by atoms with E-state index in [4.69, 9.17) is 0 Å². The Kier molecular flexibility index (Phi) is 6.16. The summed E-state index contributed by atoms with van der Waals surface area (Å²) in [5.74, 6) is -0.383. The van der Waals surface area contributed by atoms with Gasteiger partial charge < -0.3 is 5.32 Å². The van der Waals surface area contributed by atoms with Crippen LogP contribution in [-0.2, 0) is 10.0 Å².